The lowest BCUT2D eigenvalue weighted by molar-refractivity contribution is 0.0804. The lowest BCUT2D eigenvalue weighted by Gasteiger charge is -2.35. The molecule has 0 spiro atoms. The van der Waals surface area contributed by atoms with Gasteiger partial charge in [0.05, 0.1) is 23.1 Å². The number of alkyl halides is 2. The molecule has 3 aromatic rings. The number of hydrogen-bond donors (Lipinski definition) is 0. The summed E-state index contributed by atoms with van der Waals surface area (Å²) in [6.07, 6.45) is 1.97. The van der Waals surface area contributed by atoms with E-state index in [0.717, 1.165) is 75.0 Å². The van der Waals surface area contributed by atoms with E-state index in [1.807, 2.05) is 18.2 Å². The van der Waals surface area contributed by atoms with E-state index in [0.29, 0.717) is 10.9 Å². The summed E-state index contributed by atoms with van der Waals surface area (Å²) in [5.74, 6) is 2.07. The van der Waals surface area contributed by atoms with Gasteiger partial charge in [0.25, 0.3) is 6.43 Å². The maximum atomic E-state index is 12.5. The zero-order chi connectivity index (χ0) is 20.5. The maximum absolute atomic E-state index is 12.5. The van der Waals surface area contributed by atoms with E-state index in [2.05, 4.69) is 24.8 Å². The van der Waals surface area contributed by atoms with Crippen LogP contribution in [-0.4, -0.2) is 59.1 Å². The minimum absolute atomic E-state index is 0.192. The van der Waals surface area contributed by atoms with Crippen molar-refractivity contribution in [2.45, 2.75) is 32.2 Å². The van der Waals surface area contributed by atoms with Gasteiger partial charge in [-0.15, -0.1) is 0 Å². The van der Waals surface area contributed by atoms with E-state index in [9.17, 15) is 8.78 Å². The van der Waals surface area contributed by atoms with Crippen LogP contribution in [0.1, 0.15) is 23.8 Å². The molecule has 0 saturated carbocycles. The lowest BCUT2D eigenvalue weighted by Crippen LogP contribution is -2.46. The van der Waals surface area contributed by atoms with Gasteiger partial charge >= 0.3 is 0 Å². The molecule has 1 saturated heterocycles. The van der Waals surface area contributed by atoms with Crippen LogP contribution in [0.2, 0.25) is 0 Å². The van der Waals surface area contributed by atoms with E-state index in [1.54, 1.807) is 0 Å². The molecule has 9 heteroatoms. The molecule has 30 heavy (non-hydrogen) atoms. The lowest BCUT2D eigenvalue weighted by atomic mass is 10.2. The number of hydrogen-bond acceptors (Lipinski definition) is 7. The molecule has 0 amide bonds. The second kappa shape index (κ2) is 8.14. The highest BCUT2D eigenvalue weighted by atomic mass is 19.3. The molecule has 2 aliphatic rings. The van der Waals surface area contributed by atoms with Crippen molar-refractivity contribution in [1.29, 1.82) is 0 Å². The fourth-order valence-electron chi connectivity index (χ4n) is 4.14. The van der Waals surface area contributed by atoms with Crippen LogP contribution in [0.5, 0.6) is 5.88 Å². The molecule has 7 nitrogen and oxygen atoms in total. The highest BCUT2D eigenvalue weighted by molar-refractivity contribution is 5.86. The highest BCUT2D eigenvalue weighted by Gasteiger charge is 2.23. The van der Waals surface area contributed by atoms with Gasteiger partial charge in [0.15, 0.2) is 6.61 Å². The SMILES string of the molecule is FC(F)COc1ncnc2ccc(N3CCN(Cc4nc5c(o4)CCC5)CC3)cc12. The third-order valence-electron chi connectivity index (χ3n) is 5.66. The van der Waals surface area contributed by atoms with Crippen molar-refractivity contribution >= 4 is 16.6 Å². The number of fused-ring (bicyclic) bond motifs is 2. The largest absolute Gasteiger partial charge is 0.471 e. The summed E-state index contributed by atoms with van der Waals surface area (Å²) in [4.78, 5) is 17.5. The highest BCUT2D eigenvalue weighted by Crippen LogP contribution is 2.28. The Morgan fingerprint density at radius 3 is 2.77 bits per heavy atom. The first kappa shape index (κ1) is 19.2. The van der Waals surface area contributed by atoms with Crippen molar-refractivity contribution in [1.82, 2.24) is 19.9 Å². The smallest absolute Gasteiger partial charge is 0.272 e. The molecular formula is C21H23F2N5O2. The molecule has 1 aliphatic carbocycles. The summed E-state index contributed by atoms with van der Waals surface area (Å²) in [5, 5.41) is 0.646. The van der Waals surface area contributed by atoms with Crippen LogP contribution in [-0.2, 0) is 19.4 Å². The van der Waals surface area contributed by atoms with Crippen molar-refractivity contribution < 1.29 is 17.9 Å². The first-order chi connectivity index (χ1) is 14.7. The van der Waals surface area contributed by atoms with Crippen molar-refractivity contribution in [3.8, 4) is 5.88 Å². The Bertz CT molecular complexity index is 1010. The quantitative estimate of drug-likeness (QED) is 0.613. The van der Waals surface area contributed by atoms with Crippen LogP contribution in [0.4, 0.5) is 14.5 Å². The van der Waals surface area contributed by atoms with Crippen molar-refractivity contribution in [2.75, 3.05) is 37.7 Å². The number of aryl methyl sites for hydroxylation is 2. The number of benzene rings is 1. The van der Waals surface area contributed by atoms with E-state index in [4.69, 9.17) is 9.15 Å². The molecule has 0 N–H and O–H groups in total. The van der Waals surface area contributed by atoms with Gasteiger partial charge in [-0.25, -0.2) is 23.7 Å². The first-order valence-corrected chi connectivity index (χ1v) is 10.3. The van der Waals surface area contributed by atoms with Crippen LogP contribution in [0, 0.1) is 0 Å². The van der Waals surface area contributed by atoms with Crippen LogP contribution in [0.15, 0.2) is 28.9 Å². The fourth-order valence-corrected chi connectivity index (χ4v) is 4.14. The molecule has 0 bridgehead atoms. The molecule has 1 aliphatic heterocycles. The van der Waals surface area contributed by atoms with Gasteiger partial charge < -0.3 is 14.1 Å². The molecule has 2 aromatic heterocycles. The number of ether oxygens (including phenoxy) is 1. The summed E-state index contributed by atoms with van der Waals surface area (Å²) in [6.45, 7) is 3.55. The number of aromatic nitrogens is 3. The summed E-state index contributed by atoms with van der Waals surface area (Å²) in [7, 11) is 0. The van der Waals surface area contributed by atoms with Crippen LogP contribution in [0.3, 0.4) is 0 Å². The number of oxazole rings is 1. The van der Waals surface area contributed by atoms with E-state index >= 15 is 0 Å². The summed E-state index contributed by atoms with van der Waals surface area (Å²) in [6, 6.07) is 5.80. The van der Waals surface area contributed by atoms with Gasteiger partial charge in [0, 0.05) is 38.3 Å². The van der Waals surface area contributed by atoms with Crippen molar-refractivity contribution in [3.63, 3.8) is 0 Å². The maximum Gasteiger partial charge on any atom is 0.272 e. The van der Waals surface area contributed by atoms with Gasteiger partial charge in [-0.1, -0.05) is 0 Å². The summed E-state index contributed by atoms with van der Waals surface area (Å²) in [5.41, 5.74) is 2.81. The van der Waals surface area contributed by atoms with Gasteiger partial charge in [-0.05, 0) is 31.0 Å². The van der Waals surface area contributed by atoms with Gasteiger partial charge in [0.2, 0.25) is 11.8 Å². The Balaban J connectivity index is 1.25. The molecule has 0 atom stereocenters. The molecule has 3 heterocycles. The zero-order valence-electron chi connectivity index (χ0n) is 16.6. The minimum Gasteiger partial charge on any atom is -0.471 e. The number of nitrogens with zero attached hydrogens (tertiary/aromatic N) is 5. The van der Waals surface area contributed by atoms with Crippen LogP contribution in [0.25, 0.3) is 10.9 Å². The fraction of sp³-hybridized carbons (Fsp3) is 0.476. The molecular weight excluding hydrogens is 392 g/mol. The third kappa shape index (κ3) is 3.94. The van der Waals surface area contributed by atoms with Gasteiger partial charge in [-0.3, -0.25) is 4.90 Å². The number of halogens is 2. The second-order valence-corrected chi connectivity index (χ2v) is 7.68. The molecule has 158 valence electrons. The first-order valence-electron chi connectivity index (χ1n) is 10.3. The molecule has 0 radical (unpaired) electrons. The topological polar surface area (TPSA) is 67.5 Å². The molecule has 5 rings (SSSR count). The van der Waals surface area contributed by atoms with E-state index in [1.165, 1.54) is 6.33 Å². The van der Waals surface area contributed by atoms with Gasteiger partial charge in [-0.2, -0.15) is 0 Å². The van der Waals surface area contributed by atoms with E-state index < -0.39 is 13.0 Å². The predicted octanol–water partition coefficient (Wildman–Crippen LogP) is 3.07. The van der Waals surface area contributed by atoms with Gasteiger partial charge in [0.1, 0.15) is 12.1 Å². The normalized spacial score (nSPS) is 17.1. The van der Waals surface area contributed by atoms with Crippen LogP contribution >= 0.6 is 0 Å². The summed E-state index contributed by atoms with van der Waals surface area (Å²) < 4.78 is 36.2. The van der Waals surface area contributed by atoms with Crippen molar-refractivity contribution in [3.05, 3.63) is 41.9 Å². The Kier molecular flexibility index (Phi) is 5.20. The average Bonchev–Trinajstić information content (AvgIpc) is 3.34. The second-order valence-electron chi connectivity index (χ2n) is 7.68. The third-order valence-corrected chi connectivity index (χ3v) is 5.66. The monoisotopic (exact) mass is 415 g/mol. The predicted molar refractivity (Wildman–Crippen MR) is 107 cm³/mol. The average molecular weight is 415 g/mol. The summed E-state index contributed by atoms with van der Waals surface area (Å²) >= 11 is 0. The Morgan fingerprint density at radius 2 is 1.97 bits per heavy atom. The Hall–Kier alpha value is -2.81. The van der Waals surface area contributed by atoms with Crippen LogP contribution < -0.4 is 9.64 Å². The number of rotatable bonds is 6. The van der Waals surface area contributed by atoms with E-state index in [-0.39, 0.29) is 5.88 Å². The minimum atomic E-state index is -2.55. The molecule has 1 fully saturated rings. The molecule has 1 aromatic carbocycles. The molecule has 0 unspecified atom stereocenters. The zero-order valence-corrected chi connectivity index (χ0v) is 16.6. The van der Waals surface area contributed by atoms with Crippen molar-refractivity contribution in [2.24, 2.45) is 0 Å². The standard InChI is InChI=1S/C21H23F2N5O2/c22-19(23)12-29-21-15-10-14(4-5-16(15)24-13-25-21)28-8-6-27(7-9-28)11-20-26-17-2-1-3-18(17)30-20/h4-5,10,13,19H,1-3,6-9,11-12H2. The Morgan fingerprint density at radius 1 is 1.10 bits per heavy atom. The number of anilines is 1. The Labute approximate surface area is 172 Å². The number of piperazine rings is 1.